The number of carboxylic acid groups (broad SMARTS) is 4. The van der Waals surface area contributed by atoms with Gasteiger partial charge in [0.25, 0.3) is 0 Å². The van der Waals surface area contributed by atoms with Gasteiger partial charge in [-0.15, -0.1) is 0 Å². The summed E-state index contributed by atoms with van der Waals surface area (Å²) in [6.07, 6.45) is 2.23. The number of aliphatic carboxylic acids is 4. The maximum atomic E-state index is 9.55. The predicted molar refractivity (Wildman–Crippen MR) is 63.3 cm³/mol. The molecule has 0 rings (SSSR count). The van der Waals surface area contributed by atoms with Crippen molar-refractivity contribution in [2.75, 3.05) is 0 Å². The summed E-state index contributed by atoms with van der Waals surface area (Å²) in [6.45, 7) is 0. The van der Waals surface area contributed by atoms with Gasteiger partial charge in [0.15, 0.2) is 0 Å². The first-order valence-electron chi connectivity index (χ1n) is 3.53. The largest absolute Gasteiger partial charge is 0.478 e. The van der Waals surface area contributed by atoms with Gasteiger partial charge in [-0.05, 0) is 0 Å². The fourth-order valence-corrected chi connectivity index (χ4v) is 0.285. The minimum absolute atomic E-state index is 0. The molecule has 0 saturated carbocycles. The first kappa shape index (κ1) is 42.8. The Balaban J connectivity index is -0.0000000302. The van der Waals surface area contributed by atoms with Crippen LogP contribution in [-0.2, 0) is 36.2 Å². The van der Waals surface area contributed by atoms with Gasteiger partial charge in [-0.3, -0.25) is 0 Å². The van der Waals surface area contributed by atoms with Gasteiger partial charge < -0.3 is 42.3 Å². The van der Waals surface area contributed by atoms with E-state index in [1.165, 1.54) is 0 Å². The number of carboxylic acids is 4. The maximum Gasteiger partial charge on any atom is 0.328 e. The van der Waals surface area contributed by atoms with Crippen LogP contribution in [0.15, 0.2) is 24.3 Å². The van der Waals surface area contributed by atoms with E-state index in [1.54, 1.807) is 0 Å². The van der Waals surface area contributed by atoms with Crippen molar-refractivity contribution in [3.63, 3.8) is 0 Å². The summed E-state index contributed by atoms with van der Waals surface area (Å²) in [4.78, 5) is 38.2. The van der Waals surface area contributed by atoms with Crippen LogP contribution < -0.4 is 0 Å². The van der Waals surface area contributed by atoms with E-state index in [-0.39, 0.29) is 39.0 Å². The Kier molecular flexibility index (Phi) is 53.6. The van der Waals surface area contributed by atoms with Crippen molar-refractivity contribution >= 4 is 23.9 Å². The summed E-state index contributed by atoms with van der Waals surface area (Å²) in [5.74, 6) is -5.03. The van der Waals surface area contributed by atoms with Crippen LogP contribution in [0, 0.1) is 0 Å². The summed E-state index contributed by atoms with van der Waals surface area (Å²) < 4.78 is 0. The van der Waals surface area contributed by atoms with Crippen molar-refractivity contribution in [1.82, 2.24) is 0 Å². The van der Waals surface area contributed by atoms with E-state index in [0.717, 1.165) is 0 Å². The molecule has 21 heavy (non-hydrogen) atoms. The minimum atomic E-state index is -1.26. The van der Waals surface area contributed by atoms with E-state index in [9.17, 15) is 19.2 Å². The normalized spacial score (nSPS) is 7.24. The molecule has 0 fully saturated rings. The Morgan fingerprint density at radius 1 is 0.476 bits per heavy atom. The summed E-state index contributed by atoms with van der Waals surface area (Å²) in [7, 11) is 0. The van der Waals surface area contributed by atoms with Crippen LogP contribution in [0.4, 0.5) is 0 Å². The summed E-state index contributed by atoms with van der Waals surface area (Å²) in [5, 5.41) is 31.2. The zero-order valence-corrected chi connectivity index (χ0v) is 11.0. The molecule has 0 aliphatic heterocycles. The van der Waals surface area contributed by atoms with Crippen LogP contribution in [-0.4, -0.2) is 66.2 Å². The minimum Gasteiger partial charge on any atom is -0.478 e. The van der Waals surface area contributed by atoms with Gasteiger partial charge >= 0.3 is 23.9 Å². The molecule has 0 spiro atoms. The molecule has 0 saturated heterocycles. The van der Waals surface area contributed by atoms with E-state index in [2.05, 4.69) is 0 Å². The monoisotopic (exact) mass is 367 g/mol. The summed E-state index contributed by atoms with van der Waals surface area (Å²) in [5.41, 5.74) is 0. The van der Waals surface area contributed by atoms with Crippen molar-refractivity contribution in [2.45, 2.75) is 0 Å². The first-order valence-corrected chi connectivity index (χ1v) is 3.53. The van der Waals surface area contributed by atoms with E-state index >= 15 is 0 Å². The van der Waals surface area contributed by atoms with Gasteiger partial charge in [0.2, 0.25) is 0 Å². The second-order valence-electron chi connectivity index (χ2n) is 2.02. The van der Waals surface area contributed by atoms with Gasteiger partial charge in [-0.2, -0.15) is 0 Å². The molecule has 0 aliphatic rings. The first-order chi connectivity index (χ1) is 7.25. The SMILES string of the molecule is O.O.O.O.O=C(O)/C=C\C(=O)O.O=C(O)/C=C\C(=O)O.[Cu]. The Labute approximate surface area is 127 Å². The molecule has 12 nitrogen and oxygen atoms in total. The number of hydrogen-bond donors (Lipinski definition) is 4. The van der Waals surface area contributed by atoms with Crippen LogP contribution in [0.3, 0.4) is 0 Å². The molecule has 0 aromatic carbocycles. The van der Waals surface area contributed by atoms with E-state index in [0.29, 0.717) is 24.3 Å². The third kappa shape index (κ3) is 73.5. The van der Waals surface area contributed by atoms with Crippen LogP contribution in [0.5, 0.6) is 0 Å². The summed E-state index contributed by atoms with van der Waals surface area (Å²) >= 11 is 0. The average Bonchev–Trinajstić information content (AvgIpc) is 2.12. The average molecular weight is 368 g/mol. The molecule has 12 N–H and O–H groups in total. The molecule has 0 aliphatic carbocycles. The van der Waals surface area contributed by atoms with Crippen molar-refractivity contribution in [3.8, 4) is 0 Å². The van der Waals surface area contributed by atoms with Gasteiger partial charge in [-0.1, -0.05) is 0 Å². The molecule has 0 bridgehead atoms. The Morgan fingerprint density at radius 3 is 0.619 bits per heavy atom. The van der Waals surface area contributed by atoms with Gasteiger partial charge in [-0.25, -0.2) is 19.2 Å². The smallest absolute Gasteiger partial charge is 0.328 e. The number of rotatable bonds is 4. The van der Waals surface area contributed by atoms with Crippen molar-refractivity contribution < 1.29 is 78.6 Å². The molecule has 0 aromatic heterocycles. The Hall–Kier alpha value is -2.28. The van der Waals surface area contributed by atoms with E-state index < -0.39 is 23.9 Å². The number of carbonyl (C=O) groups is 4. The second-order valence-corrected chi connectivity index (χ2v) is 2.02. The standard InChI is InChI=1S/2C4H4O4.Cu.4H2O/c2*5-3(6)1-2-4(7)8;;;;;/h2*1-2H,(H,5,6)(H,7,8);;4*1H2/b2*2-1-;;;;;. The quantitative estimate of drug-likeness (QED) is 0.280. The van der Waals surface area contributed by atoms with Crippen LogP contribution in [0.1, 0.15) is 0 Å². The molecule has 13 heteroatoms. The van der Waals surface area contributed by atoms with Gasteiger partial charge in [0.1, 0.15) is 0 Å². The van der Waals surface area contributed by atoms with Gasteiger partial charge in [0.05, 0.1) is 0 Å². The fourth-order valence-electron chi connectivity index (χ4n) is 0.285. The van der Waals surface area contributed by atoms with Crippen LogP contribution in [0.25, 0.3) is 0 Å². The zero-order chi connectivity index (χ0) is 13.1. The van der Waals surface area contributed by atoms with Gasteiger partial charge in [0, 0.05) is 41.4 Å². The zero-order valence-electron chi connectivity index (χ0n) is 10.0. The predicted octanol–water partition coefficient (Wildman–Crippen LogP) is -3.88. The van der Waals surface area contributed by atoms with Crippen LogP contribution >= 0.6 is 0 Å². The Morgan fingerprint density at radius 2 is 0.571 bits per heavy atom. The van der Waals surface area contributed by atoms with Crippen molar-refractivity contribution in [3.05, 3.63) is 24.3 Å². The second kappa shape index (κ2) is 26.3. The topological polar surface area (TPSA) is 275 Å². The molecule has 0 atom stereocenters. The molecule has 0 heterocycles. The number of hydrogen-bond acceptors (Lipinski definition) is 4. The molecule has 0 aromatic rings. The third-order valence-corrected chi connectivity index (χ3v) is 0.737. The molecule has 0 amide bonds. The van der Waals surface area contributed by atoms with E-state index in [4.69, 9.17) is 20.4 Å². The van der Waals surface area contributed by atoms with Crippen molar-refractivity contribution in [1.29, 1.82) is 0 Å². The third-order valence-electron chi connectivity index (χ3n) is 0.737. The molecular weight excluding hydrogens is 352 g/mol. The maximum absolute atomic E-state index is 9.55. The molecule has 131 valence electrons. The fraction of sp³-hybridized carbons (Fsp3) is 0. The molecule has 0 unspecified atom stereocenters. The molecular formula is C8H16CuO12. The van der Waals surface area contributed by atoms with E-state index in [1.807, 2.05) is 0 Å². The van der Waals surface area contributed by atoms with Crippen LogP contribution in [0.2, 0.25) is 0 Å². The molecule has 1 radical (unpaired) electrons. The Bertz CT molecular complexity index is 281. The van der Waals surface area contributed by atoms with Crippen molar-refractivity contribution in [2.24, 2.45) is 0 Å². The summed E-state index contributed by atoms with van der Waals surface area (Å²) in [6, 6.07) is 0.